The van der Waals surface area contributed by atoms with Crippen LogP contribution in [0.4, 0.5) is 0 Å². The van der Waals surface area contributed by atoms with Crippen molar-refractivity contribution in [3.05, 3.63) is 24.3 Å². The molecule has 1 rings (SSSR count). The number of unbranched alkanes of at least 4 members (excludes halogenated alkanes) is 1. The third-order valence-electron chi connectivity index (χ3n) is 2.39. The summed E-state index contributed by atoms with van der Waals surface area (Å²) in [5.41, 5.74) is 0. The molecule has 0 heterocycles. The predicted octanol–water partition coefficient (Wildman–Crippen LogP) is 2.25. The smallest absolute Gasteiger partial charge is 0.119 e. The number of hydrogen-bond donors (Lipinski definition) is 1. The van der Waals surface area contributed by atoms with Crippen LogP contribution in [0.2, 0.25) is 0 Å². The number of aliphatic hydroxyl groups is 1. The van der Waals surface area contributed by atoms with Crippen molar-refractivity contribution in [3.8, 4) is 11.5 Å². The van der Waals surface area contributed by atoms with Gasteiger partial charge < -0.3 is 19.3 Å². The number of benzene rings is 1. The van der Waals surface area contributed by atoms with Gasteiger partial charge in [0.25, 0.3) is 0 Å². The molecule has 0 bridgehead atoms. The fourth-order valence-corrected chi connectivity index (χ4v) is 1.40. The van der Waals surface area contributed by atoms with E-state index in [-0.39, 0.29) is 13.2 Å². The molecule has 0 radical (unpaired) electrons. The van der Waals surface area contributed by atoms with Crippen molar-refractivity contribution in [1.82, 2.24) is 0 Å². The van der Waals surface area contributed by atoms with E-state index in [1.807, 2.05) is 24.3 Å². The van der Waals surface area contributed by atoms with Gasteiger partial charge in [0.1, 0.15) is 24.2 Å². The molecular formula is C14H22O4. The standard InChI is InChI=1S/C14H22O4/c1-3-4-9-17-13-5-7-14(8-6-13)18-11-12(15)10-16-2/h5-8,12,15H,3-4,9-11H2,1-2H3. The lowest BCUT2D eigenvalue weighted by atomic mass is 10.3. The Morgan fingerprint density at radius 1 is 1.06 bits per heavy atom. The van der Waals surface area contributed by atoms with Gasteiger partial charge in [0.2, 0.25) is 0 Å². The van der Waals surface area contributed by atoms with Gasteiger partial charge in [0.05, 0.1) is 13.2 Å². The molecule has 0 saturated heterocycles. The van der Waals surface area contributed by atoms with Gasteiger partial charge in [-0.2, -0.15) is 0 Å². The molecule has 18 heavy (non-hydrogen) atoms. The second-order valence-corrected chi connectivity index (χ2v) is 4.09. The quantitative estimate of drug-likeness (QED) is 0.687. The molecule has 0 fully saturated rings. The molecule has 1 aromatic carbocycles. The summed E-state index contributed by atoms with van der Waals surface area (Å²) in [4.78, 5) is 0. The van der Waals surface area contributed by atoms with Crippen LogP contribution in [0.3, 0.4) is 0 Å². The third-order valence-corrected chi connectivity index (χ3v) is 2.39. The molecule has 0 aliphatic heterocycles. The van der Waals surface area contributed by atoms with E-state index in [0.717, 1.165) is 25.2 Å². The third kappa shape index (κ3) is 5.89. The fourth-order valence-electron chi connectivity index (χ4n) is 1.40. The zero-order chi connectivity index (χ0) is 13.2. The molecule has 4 nitrogen and oxygen atoms in total. The minimum absolute atomic E-state index is 0.226. The maximum atomic E-state index is 9.43. The highest BCUT2D eigenvalue weighted by Gasteiger charge is 2.04. The normalized spacial score (nSPS) is 12.2. The zero-order valence-electron chi connectivity index (χ0n) is 11.1. The van der Waals surface area contributed by atoms with Crippen molar-refractivity contribution in [1.29, 1.82) is 0 Å². The van der Waals surface area contributed by atoms with E-state index in [0.29, 0.717) is 5.75 Å². The van der Waals surface area contributed by atoms with Crippen LogP contribution >= 0.6 is 0 Å². The highest BCUT2D eigenvalue weighted by atomic mass is 16.5. The van der Waals surface area contributed by atoms with E-state index in [1.165, 1.54) is 0 Å². The van der Waals surface area contributed by atoms with Gasteiger partial charge in [0.15, 0.2) is 0 Å². The molecule has 1 unspecified atom stereocenters. The van der Waals surface area contributed by atoms with E-state index in [9.17, 15) is 5.11 Å². The summed E-state index contributed by atoms with van der Waals surface area (Å²) in [5, 5.41) is 9.43. The van der Waals surface area contributed by atoms with Crippen LogP contribution in [0.1, 0.15) is 19.8 Å². The van der Waals surface area contributed by atoms with E-state index in [1.54, 1.807) is 7.11 Å². The van der Waals surface area contributed by atoms with Crippen LogP contribution in [0.5, 0.6) is 11.5 Å². The van der Waals surface area contributed by atoms with E-state index in [2.05, 4.69) is 6.92 Å². The summed E-state index contributed by atoms with van der Waals surface area (Å²) in [5.74, 6) is 1.56. The molecule has 0 aromatic heterocycles. The van der Waals surface area contributed by atoms with Crippen LogP contribution in [-0.4, -0.2) is 38.1 Å². The number of rotatable bonds is 9. The van der Waals surface area contributed by atoms with Crippen LogP contribution in [0.25, 0.3) is 0 Å². The molecule has 0 aliphatic carbocycles. The first-order chi connectivity index (χ1) is 8.76. The number of ether oxygens (including phenoxy) is 3. The summed E-state index contributed by atoms with van der Waals surface area (Å²) in [6.45, 7) is 3.37. The van der Waals surface area contributed by atoms with Crippen molar-refractivity contribution in [3.63, 3.8) is 0 Å². The van der Waals surface area contributed by atoms with Gasteiger partial charge in [-0.25, -0.2) is 0 Å². The number of hydrogen-bond acceptors (Lipinski definition) is 4. The molecule has 1 atom stereocenters. The Morgan fingerprint density at radius 3 is 2.22 bits per heavy atom. The van der Waals surface area contributed by atoms with E-state index in [4.69, 9.17) is 14.2 Å². The van der Waals surface area contributed by atoms with Crippen LogP contribution in [0.15, 0.2) is 24.3 Å². The van der Waals surface area contributed by atoms with Crippen LogP contribution in [0, 0.1) is 0 Å². The largest absolute Gasteiger partial charge is 0.494 e. The first-order valence-corrected chi connectivity index (χ1v) is 6.29. The Morgan fingerprint density at radius 2 is 1.67 bits per heavy atom. The monoisotopic (exact) mass is 254 g/mol. The van der Waals surface area contributed by atoms with Gasteiger partial charge >= 0.3 is 0 Å². The minimum atomic E-state index is -0.601. The topological polar surface area (TPSA) is 47.9 Å². The summed E-state index contributed by atoms with van der Waals surface area (Å²) in [7, 11) is 1.55. The van der Waals surface area contributed by atoms with Crippen LogP contribution < -0.4 is 9.47 Å². The second kappa shape index (κ2) is 8.78. The second-order valence-electron chi connectivity index (χ2n) is 4.09. The molecular weight excluding hydrogens is 232 g/mol. The van der Waals surface area contributed by atoms with Gasteiger partial charge in [-0.15, -0.1) is 0 Å². The predicted molar refractivity (Wildman–Crippen MR) is 70.2 cm³/mol. The highest BCUT2D eigenvalue weighted by molar-refractivity contribution is 5.31. The molecule has 1 N–H and O–H groups in total. The molecule has 1 aromatic rings. The molecule has 0 aliphatic rings. The average Bonchev–Trinajstić information content (AvgIpc) is 2.38. The Labute approximate surface area is 108 Å². The zero-order valence-corrected chi connectivity index (χ0v) is 11.1. The highest BCUT2D eigenvalue weighted by Crippen LogP contribution is 2.18. The molecule has 0 spiro atoms. The van der Waals surface area contributed by atoms with E-state index >= 15 is 0 Å². The first-order valence-electron chi connectivity index (χ1n) is 6.29. The van der Waals surface area contributed by atoms with Crippen molar-refractivity contribution >= 4 is 0 Å². The summed E-state index contributed by atoms with van der Waals surface area (Å²) in [6, 6.07) is 7.41. The molecule has 4 heteroatoms. The first kappa shape index (κ1) is 14.8. The SMILES string of the molecule is CCCCOc1ccc(OCC(O)COC)cc1. The minimum Gasteiger partial charge on any atom is -0.494 e. The maximum Gasteiger partial charge on any atom is 0.119 e. The fraction of sp³-hybridized carbons (Fsp3) is 0.571. The lowest BCUT2D eigenvalue weighted by Crippen LogP contribution is -2.22. The van der Waals surface area contributed by atoms with Gasteiger partial charge in [-0.05, 0) is 30.7 Å². The van der Waals surface area contributed by atoms with Crippen molar-refractivity contribution in [2.75, 3.05) is 26.9 Å². The summed E-state index contributed by atoms with van der Waals surface area (Å²) < 4.78 is 15.8. The Kier molecular flexibility index (Phi) is 7.22. The Hall–Kier alpha value is -1.26. The average molecular weight is 254 g/mol. The molecule has 0 amide bonds. The van der Waals surface area contributed by atoms with Crippen LogP contribution in [-0.2, 0) is 4.74 Å². The Balaban J connectivity index is 2.31. The lowest BCUT2D eigenvalue weighted by Gasteiger charge is -2.12. The molecule has 0 saturated carbocycles. The van der Waals surface area contributed by atoms with Gasteiger partial charge in [0, 0.05) is 7.11 Å². The van der Waals surface area contributed by atoms with Gasteiger partial charge in [-0.1, -0.05) is 13.3 Å². The number of methoxy groups -OCH3 is 1. The summed E-state index contributed by atoms with van der Waals surface area (Å²) in [6.07, 6.45) is 1.58. The Bertz CT molecular complexity index is 310. The molecule has 102 valence electrons. The van der Waals surface area contributed by atoms with Crippen molar-refractivity contribution in [2.45, 2.75) is 25.9 Å². The van der Waals surface area contributed by atoms with Gasteiger partial charge in [-0.3, -0.25) is 0 Å². The van der Waals surface area contributed by atoms with Crippen molar-refractivity contribution < 1.29 is 19.3 Å². The lowest BCUT2D eigenvalue weighted by molar-refractivity contribution is 0.0325. The maximum absolute atomic E-state index is 9.43. The number of aliphatic hydroxyl groups excluding tert-OH is 1. The van der Waals surface area contributed by atoms with Crippen molar-refractivity contribution in [2.24, 2.45) is 0 Å². The summed E-state index contributed by atoms with van der Waals surface area (Å²) >= 11 is 0. The van der Waals surface area contributed by atoms with E-state index < -0.39 is 6.10 Å².